The minimum Gasteiger partial charge on any atom is -0.360 e. The van der Waals surface area contributed by atoms with E-state index in [1.807, 2.05) is 6.07 Å². The highest BCUT2D eigenvalue weighted by Crippen LogP contribution is 2.12. The Kier molecular flexibility index (Phi) is 6.33. The maximum absolute atomic E-state index is 13.1. The van der Waals surface area contributed by atoms with E-state index in [0.29, 0.717) is 12.0 Å². The molecule has 1 heterocycles. The summed E-state index contributed by atoms with van der Waals surface area (Å²) in [4.78, 5) is 15.7. The average molecular weight is 355 g/mol. The summed E-state index contributed by atoms with van der Waals surface area (Å²) in [5, 5.41) is 3.89. The molecule has 0 bridgehead atoms. The van der Waals surface area contributed by atoms with Gasteiger partial charge < -0.3 is 9.80 Å². The van der Waals surface area contributed by atoms with Gasteiger partial charge in [-0.3, -0.25) is 4.79 Å². The second-order valence-electron chi connectivity index (χ2n) is 6.42. The molecule has 6 heteroatoms. The number of quaternary nitrogens is 1. The molecule has 0 atom stereocenters. The third-order valence-corrected chi connectivity index (χ3v) is 4.55. The molecule has 1 saturated heterocycles. The van der Waals surface area contributed by atoms with Gasteiger partial charge in [0.15, 0.2) is 0 Å². The topological polar surface area (TPSA) is 49.1 Å². The summed E-state index contributed by atoms with van der Waals surface area (Å²) in [6, 6.07) is 16.5. The molecule has 5 nitrogen and oxygen atoms in total. The minimum absolute atomic E-state index is 0.115. The summed E-state index contributed by atoms with van der Waals surface area (Å²) < 4.78 is 13.1. The quantitative estimate of drug-likeness (QED) is 0.602. The van der Waals surface area contributed by atoms with Crippen LogP contribution in [0.3, 0.4) is 0 Å². The molecule has 1 aliphatic rings. The zero-order chi connectivity index (χ0) is 18.2. The lowest BCUT2D eigenvalue weighted by Gasteiger charge is -2.33. The number of piperazine rings is 1. The lowest BCUT2D eigenvalue weighted by molar-refractivity contribution is -0.900. The fourth-order valence-corrected chi connectivity index (χ4v) is 3.08. The fourth-order valence-electron chi connectivity index (χ4n) is 3.08. The van der Waals surface area contributed by atoms with Crippen LogP contribution in [-0.4, -0.2) is 44.8 Å². The first kappa shape index (κ1) is 18.1. The Morgan fingerprint density at radius 2 is 1.92 bits per heavy atom. The largest absolute Gasteiger partial charge is 0.360 e. The molecule has 0 radical (unpaired) electrons. The first-order chi connectivity index (χ1) is 12.7. The SMILES string of the molecule is O=C(CC[NH+]1CCN(c2ccccc2)CC1)N/N=C\c1cccc(F)c1. The van der Waals surface area contributed by atoms with Crippen LogP contribution in [0.15, 0.2) is 59.7 Å². The molecule has 0 spiro atoms. The van der Waals surface area contributed by atoms with Gasteiger partial charge in [0, 0.05) is 5.69 Å². The standard InChI is InChI=1S/C20H23FN4O/c21-18-6-4-5-17(15-18)16-22-23-20(26)9-10-24-11-13-25(14-12-24)19-7-2-1-3-8-19/h1-8,15-16H,9-14H2,(H,23,26)/p+1/b22-16-. The molecule has 1 aliphatic heterocycles. The number of hydrogen-bond donors (Lipinski definition) is 2. The smallest absolute Gasteiger partial charge is 0.245 e. The van der Waals surface area contributed by atoms with Crippen molar-refractivity contribution in [3.63, 3.8) is 0 Å². The van der Waals surface area contributed by atoms with Gasteiger partial charge in [-0.1, -0.05) is 30.3 Å². The highest BCUT2D eigenvalue weighted by atomic mass is 19.1. The van der Waals surface area contributed by atoms with Crippen molar-refractivity contribution in [2.75, 3.05) is 37.6 Å². The van der Waals surface area contributed by atoms with E-state index in [1.54, 1.807) is 12.1 Å². The molecule has 0 aliphatic carbocycles. The Hall–Kier alpha value is -2.73. The van der Waals surface area contributed by atoms with Crippen molar-refractivity contribution in [2.24, 2.45) is 5.10 Å². The number of nitrogens with zero attached hydrogens (tertiary/aromatic N) is 2. The third kappa shape index (κ3) is 5.39. The van der Waals surface area contributed by atoms with Crippen LogP contribution in [0.25, 0.3) is 0 Å². The Morgan fingerprint density at radius 1 is 1.15 bits per heavy atom. The number of rotatable bonds is 6. The molecule has 2 aromatic carbocycles. The van der Waals surface area contributed by atoms with E-state index < -0.39 is 0 Å². The van der Waals surface area contributed by atoms with Crippen LogP contribution in [0.1, 0.15) is 12.0 Å². The molecule has 2 aromatic rings. The number of hydrogen-bond acceptors (Lipinski definition) is 3. The molecule has 2 N–H and O–H groups in total. The number of nitrogens with one attached hydrogen (secondary N) is 2. The molecule has 0 aromatic heterocycles. The molecule has 0 saturated carbocycles. The number of benzene rings is 2. The van der Waals surface area contributed by atoms with E-state index >= 15 is 0 Å². The number of carbonyl (C=O) groups is 1. The monoisotopic (exact) mass is 355 g/mol. The maximum atomic E-state index is 13.1. The van der Waals surface area contributed by atoms with Gasteiger partial charge >= 0.3 is 0 Å². The van der Waals surface area contributed by atoms with Crippen LogP contribution in [0.2, 0.25) is 0 Å². The molecule has 0 unspecified atom stereocenters. The summed E-state index contributed by atoms with van der Waals surface area (Å²) in [5.41, 5.74) is 4.39. The number of amides is 1. The first-order valence-corrected chi connectivity index (χ1v) is 8.92. The van der Waals surface area contributed by atoms with Gasteiger partial charge in [-0.2, -0.15) is 5.10 Å². The van der Waals surface area contributed by atoms with Crippen molar-refractivity contribution in [2.45, 2.75) is 6.42 Å². The van der Waals surface area contributed by atoms with Gasteiger partial charge in [-0.25, -0.2) is 9.82 Å². The predicted octanol–water partition coefficient (Wildman–Crippen LogP) is 1.07. The molecule has 136 valence electrons. The summed E-state index contributed by atoms with van der Waals surface area (Å²) in [5.74, 6) is -0.436. The zero-order valence-corrected chi connectivity index (χ0v) is 14.7. The Balaban J connectivity index is 1.36. The Morgan fingerprint density at radius 3 is 2.65 bits per heavy atom. The van der Waals surface area contributed by atoms with Crippen LogP contribution in [0.4, 0.5) is 10.1 Å². The predicted molar refractivity (Wildman–Crippen MR) is 101 cm³/mol. The van der Waals surface area contributed by atoms with Crippen LogP contribution >= 0.6 is 0 Å². The van der Waals surface area contributed by atoms with Crippen molar-refractivity contribution >= 4 is 17.8 Å². The number of hydrazone groups is 1. The number of halogens is 1. The average Bonchev–Trinajstić information content (AvgIpc) is 2.68. The Labute approximate surface area is 153 Å². The van der Waals surface area contributed by atoms with Crippen LogP contribution in [0, 0.1) is 5.82 Å². The molecular formula is C20H24FN4O+. The van der Waals surface area contributed by atoms with Gasteiger partial charge in [0.05, 0.1) is 45.4 Å². The lowest BCUT2D eigenvalue weighted by atomic mass is 10.2. The highest BCUT2D eigenvalue weighted by molar-refractivity contribution is 5.82. The normalized spacial score (nSPS) is 15.3. The van der Waals surface area contributed by atoms with E-state index in [9.17, 15) is 9.18 Å². The molecule has 1 amide bonds. The summed E-state index contributed by atoms with van der Waals surface area (Å²) in [6.45, 7) is 4.84. The minimum atomic E-state index is -0.321. The number of carbonyl (C=O) groups excluding carboxylic acids is 1. The zero-order valence-electron chi connectivity index (χ0n) is 14.7. The third-order valence-electron chi connectivity index (χ3n) is 4.55. The Bertz CT molecular complexity index is 742. The van der Waals surface area contributed by atoms with Crippen LogP contribution < -0.4 is 15.2 Å². The van der Waals surface area contributed by atoms with E-state index in [-0.39, 0.29) is 11.7 Å². The first-order valence-electron chi connectivity index (χ1n) is 8.92. The summed E-state index contributed by atoms with van der Waals surface area (Å²) in [7, 11) is 0. The van der Waals surface area contributed by atoms with Crippen molar-refractivity contribution < 1.29 is 14.1 Å². The fraction of sp³-hybridized carbons (Fsp3) is 0.300. The highest BCUT2D eigenvalue weighted by Gasteiger charge is 2.20. The molecule has 3 rings (SSSR count). The number of anilines is 1. The summed E-state index contributed by atoms with van der Waals surface area (Å²) >= 11 is 0. The van der Waals surface area contributed by atoms with Crippen molar-refractivity contribution in [1.82, 2.24) is 5.43 Å². The van der Waals surface area contributed by atoms with E-state index in [4.69, 9.17) is 0 Å². The van der Waals surface area contributed by atoms with Gasteiger partial charge in [0.25, 0.3) is 0 Å². The van der Waals surface area contributed by atoms with Crippen LogP contribution in [-0.2, 0) is 4.79 Å². The second-order valence-corrected chi connectivity index (χ2v) is 6.42. The maximum Gasteiger partial charge on any atom is 0.245 e. The van der Waals surface area contributed by atoms with E-state index in [0.717, 1.165) is 32.7 Å². The van der Waals surface area contributed by atoms with Crippen molar-refractivity contribution in [3.8, 4) is 0 Å². The van der Waals surface area contributed by atoms with Gasteiger partial charge in [-0.05, 0) is 29.8 Å². The van der Waals surface area contributed by atoms with Crippen molar-refractivity contribution in [3.05, 3.63) is 66.0 Å². The van der Waals surface area contributed by atoms with Crippen LogP contribution in [0.5, 0.6) is 0 Å². The van der Waals surface area contributed by atoms with E-state index in [2.05, 4.69) is 39.7 Å². The molecule has 26 heavy (non-hydrogen) atoms. The summed E-state index contributed by atoms with van der Waals surface area (Å²) in [6.07, 6.45) is 1.88. The van der Waals surface area contributed by atoms with Crippen molar-refractivity contribution in [1.29, 1.82) is 0 Å². The van der Waals surface area contributed by atoms with Gasteiger partial charge in [0.2, 0.25) is 5.91 Å². The van der Waals surface area contributed by atoms with Gasteiger partial charge in [0.1, 0.15) is 5.82 Å². The number of para-hydroxylation sites is 1. The lowest BCUT2D eigenvalue weighted by Crippen LogP contribution is -3.15. The van der Waals surface area contributed by atoms with Gasteiger partial charge in [-0.15, -0.1) is 0 Å². The second kappa shape index (κ2) is 9.10. The molecule has 1 fully saturated rings. The molecular weight excluding hydrogens is 331 g/mol. The van der Waals surface area contributed by atoms with E-state index in [1.165, 1.54) is 28.9 Å².